The molecule has 3 rings (SSSR count). The van der Waals surface area contributed by atoms with Crippen LogP contribution in [0.3, 0.4) is 0 Å². The molecule has 1 saturated carbocycles. The number of carbonyl (C=O) groups is 2. The van der Waals surface area contributed by atoms with Crippen LogP contribution in [0.5, 0.6) is 0 Å². The highest BCUT2D eigenvalue weighted by atomic mass is 32.1. The first-order valence-corrected chi connectivity index (χ1v) is 9.81. The van der Waals surface area contributed by atoms with E-state index in [-0.39, 0.29) is 24.4 Å². The summed E-state index contributed by atoms with van der Waals surface area (Å²) in [4.78, 5) is 32.2. The lowest BCUT2D eigenvalue weighted by Gasteiger charge is -2.11. The van der Waals surface area contributed by atoms with E-state index < -0.39 is 0 Å². The Morgan fingerprint density at radius 3 is 2.92 bits per heavy atom. The van der Waals surface area contributed by atoms with E-state index in [0.717, 1.165) is 25.8 Å². The number of hydrogen-bond donors (Lipinski definition) is 3. The highest BCUT2D eigenvalue weighted by Crippen LogP contribution is 2.19. The minimum Gasteiger partial charge on any atom is -0.356 e. The number of thiazole rings is 1. The molecule has 0 aliphatic heterocycles. The van der Waals surface area contributed by atoms with Crippen LogP contribution < -0.4 is 16.0 Å². The quantitative estimate of drug-likeness (QED) is 0.615. The first-order valence-electron chi connectivity index (χ1n) is 8.93. The topological polar surface area (TPSA) is 101 Å². The van der Waals surface area contributed by atoms with Gasteiger partial charge in [-0.25, -0.2) is 14.8 Å². The van der Waals surface area contributed by atoms with Gasteiger partial charge in [0.05, 0.1) is 18.4 Å². The van der Waals surface area contributed by atoms with E-state index in [1.54, 1.807) is 17.9 Å². The number of nitrogens with zero attached hydrogens (tertiary/aromatic N) is 3. The third kappa shape index (κ3) is 5.83. The van der Waals surface area contributed by atoms with Gasteiger partial charge >= 0.3 is 6.03 Å². The van der Waals surface area contributed by atoms with Gasteiger partial charge in [-0.1, -0.05) is 12.8 Å². The second-order valence-corrected chi connectivity index (χ2v) is 7.26. The summed E-state index contributed by atoms with van der Waals surface area (Å²) < 4.78 is 1.97. The average Bonchev–Trinajstić information content (AvgIpc) is 3.35. The highest BCUT2D eigenvalue weighted by Gasteiger charge is 2.17. The van der Waals surface area contributed by atoms with Gasteiger partial charge in [0.25, 0.3) is 0 Å². The zero-order valence-corrected chi connectivity index (χ0v) is 15.4. The van der Waals surface area contributed by atoms with Crippen LogP contribution in [0, 0.1) is 0 Å². The molecule has 1 aliphatic carbocycles. The molecule has 0 aromatic carbocycles. The Morgan fingerprint density at radius 1 is 1.31 bits per heavy atom. The minimum atomic E-state index is -0.221. The van der Waals surface area contributed by atoms with Crippen LogP contribution in [0.25, 0.3) is 0 Å². The van der Waals surface area contributed by atoms with Crippen molar-refractivity contribution in [2.24, 2.45) is 0 Å². The molecular formula is C17H24N6O2S. The van der Waals surface area contributed by atoms with Crippen molar-refractivity contribution >= 4 is 28.4 Å². The first kappa shape index (κ1) is 18.4. The molecule has 3 N–H and O–H groups in total. The predicted molar refractivity (Wildman–Crippen MR) is 100 cm³/mol. The van der Waals surface area contributed by atoms with E-state index in [0.29, 0.717) is 17.4 Å². The summed E-state index contributed by atoms with van der Waals surface area (Å²) >= 11 is 1.33. The molecule has 2 aromatic heterocycles. The summed E-state index contributed by atoms with van der Waals surface area (Å²) in [7, 11) is 0. The largest absolute Gasteiger partial charge is 0.356 e. The molecule has 0 spiro atoms. The number of carbonyl (C=O) groups excluding carboxylic acids is 2. The van der Waals surface area contributed by atoms with Crippen molar-refractivity contribution in [1.82, 2.24) is 25.2 Å². The molecule has 2 heterocycles. The van der Waals surface area contributed by atoms with Gasteiger partial charge in [-0.2, -0.15) is 0 Å². The standard InChI is InChI=1S/C17H24N6O2S/c24-15(19-6-3-8-23-9-7-18-12-23)10-14-11-26-17(21-14)22-16(25)20-13-4-1-2-5-13/h7,9,11-13H,1-6,8,10H2,(H,19,24)(H2,20,21,22,25). The third-order valence-corrected chi connectivity index (χ3v) is 5.09. The number of nitrogens with one attached hydrogen (secondary N) is 3. The molecule has 9 heteroatoms. The molecule has 2 aromatic rings. The van der Waals surface area contributed by atoms with Crippen molar-refractivity contribution in [2.75, 3.05) is 11.9 Å². The maximum atomic E-state index is 12.0. The fraction of sp³-hybridized carbons (Fsp3) is 0.529. The lowest BCUT2D eigenvalue weighted by atomic mass is 10.3. The third-order valence-electron chi connectivity index (χ3n) is 4.28. The summed E-state index contributed by atoms with van der Waals surface area (Å²) in [6.07, 6.45) is 10.9. The van der Waals surface area contributed by atoms with E-state index in [2.05, 4.69) is 25.9 Å². The number of amides is 3. The zero-order chi connectivity index (χ0) is 18.2. The van der Waals surface area contributed by atoms with Gasteiger partial charge in [-0.15, -0.1) is 11.3 Å². The van der Waals surface area contributed by atoms with Crippen molar-refractivity contribution < 1.29 is 9.59 Å². The Balaban J connectivity index is 1.34. The Bertz CT molecular complexity index is 709. The highest BCUT2D eigenvalue weighted by molar-refractivity contribution is 7.13. The molecule has 1 fully saturated rings. The molecular weight excluding hydrogens is 352 g/mol. The van der Waals surface area contributed by atoms with E-state index in [9.17, 15) is 9.59 Å². The smallest absolute Gasteiger partial charge is 0.321 e. The molecule has 0 atom stereocenters. The lowest BCUT2D eigenvalue weighted by molar-refractivity contribution is -0.120. The molecule has 0 unspecified atom stereocenters. The summed E-state index contributed by atoms with van der Waals surface area (Å²) in [6.45, 7) is 1.43. The van der Waals surface area contributed by atoms with Crippen LogP contribution in [0.2, 0.25) is 0 Å². The van der Waals surface area contributed by atoms with Crippen LogP contribution >= 0.6 is 11.3 Å². The number of hydrogen-bond acceptors (Lipinski definition) is 5. The minimum absolute atomic E-state index is 0.0668. The number of aromatic nitrogens is 3. The molecule has 8 nitrogen and oxygen atoms in total. The van der Waals surface area contributed by atoms with Crippen molar-refractivity contribution in [3.05, 3.63) is 29.8 Å². The van der Waals surface area contributed by atoms with Crippen LogP contribution in [0.1, 0.15) is 37.8 Å². The van der Waals surface area contributed by atoms with Crippen molar-refractivity contribution in [3.63, 3.8) is 0 Å². The molecule has 1 aliphatic rings. The fourth-order valence-electron chi connectivity index (χ4n) is 2.97. The number of rotatable bonds is 8. The second kappa shape index (κ2) is 9.33. The first-order chi connectivity index (χ1) is 12.7. The Labute approximate surface area is 156 Å². The van der Waals surface area contributed by atoms with Crippen LogP contribution in [0.15, 0.2) is 24.1 Å². The average molecular weight is 376 g/mol. The summed E-state index contributed by atoms with van der Waals surface area (Å²) in [5.41, 5.74) is 0.665. The summed E-state index contributed by atoms with van der Waals surface area (Å²) in [5.74, 6) is -0.0668. The zero-order valence-electron chi connectivity index (χ0n) is 14.6. The fourth-order valence-corrected chi connectivity index (χ4v) is 3.68. The van der Waals surface area contributed by atoms with Crippen molar-refractivity contribution in [2.45, 2.75) is 51.1 Å². The lowest BCUT2D eigenvalue weighted by Crippen LogP contribution is -2.36. The molecule has 140 valence electrons. The maximum Gasteiger partial charge on any atom is 0.321 e. The van der Waals surface area contributed by atoms with Gasteiger partial charge < -0.3 is 15.2 Å². The van der Waals surface area contributed by atoms with Gasteiger partial charge in [-0.05, 0) is 19.3 Å². The van der Waals surface area contributed by atoms with Gasteiger partial charge in [0.15, 0.2) is 5.13 Å². The van der Waals surface area contributed by atoms with E-state index in [4.69, 9.17) is 0 Å². The van der Waals surface area contributed by atoms with Crippen LogP contribution in [0.4, 0.5) is 9.93 Å². The molecule has 26 heavy (non-hydrogen) atoms. The maximum absolute atomic E-state index is 12.0. The molecule has 0 radical (unpaired) electrons. The van der Waals surface area contributed by atoms with E-state index >= 15 is 0 Å². The Kier molecular flexibility index (Phi) is 6.59. The Morgan fingerprint density at radius 2 is 2.15 bits per heavy atom. The normalized spacial score (nSPS) is 14.3. The summed E-state index contributed by atoms with van der Waals surface area (Å²) in [6, 6.07) is 0.0456. The number of urea groups is 1. The van der Waals surface area contributed by atoms with Crippen molar-refractivity contribution in [3.8, 4) is 0 Å². The predicted octanol–water partition coefficient (Wildman–Crippen LogP) is 2.15. The molecule has 0 saturated heterocycles. The molecule has 0 bridgehead atoms. The number of anilines is 1. The van der Waals surface area contributed by atoms with Gasteiger partial charge in [-0.3, -0.25) is 10.1 Å². The monoisotopic (exact) mass is 376 g/mol. The van der Waals surface area contributed by atoms with E-state index in [1.165, 1.54) is 24.2 Å². The van der Waals surface area contributed by atoms with Gasteiger partial charge in [0, 0.05) is 36.9 Å². The number of aryl methyl sites for hydroxylation is 1. The van der Waals surface area contributed by atoms with Crippen LogP contribution in [-0.2, 0) is 17.8 Å². The van der Waals surface area contributed by atoms with Gasteiger partial charge in [0.2, 0.25) is 5.91 Å². The summed E-state index contributed by atoms with van der Waals surface area (Å²) in [5, 5.41) is 10.9. The second-order valence-electron chi connectivity index (χ2n) is 6.40. The van der Waals surface area contributed by atoms with E-state index in [1.807, 2.05) is 10.8 Å². The van der Waals surface area contributed by atoms with Gasteiger partial charge in [0.1, 0.15) is 0 Å². The Hall–Kier alpha value is -2.42. The van der Waals surface area contributed by atoms with Crippen molar-refractivity contribution in [1.29, 1.82) is 0 Å². The number of imidazole rings is 1. The molecule has 3 amide bonds. The van der Waals surface area contributed by atoms with Crippen LogP contribution in [-0.4, -0.2) is 39.1 Å². The SMILES string of the molecule is O=C(Cc1csc(NC(=O)NC2CCCC2)n1)NCCCn1ccnc1.